The van der Waals surface area contributed by atoms with E-state index < -0.39 is 28.7 Å². The Hall–Kier alpha value is -4.24. The molecule has 1 aliphatic heterocycles. The molecule has 9 nitrogen and oxygen atoms in total. The van der Waals surface area contributed by atoms with Crippen LogP contribution in [0.3, 0.4) is 0 Å². The molecular formula is C23H17ClN4O5. The minimum absolute atomic E-state index is 0.0248. The number of non-ortho nitro benzene ring substituents is 1. The summed E-state index contributed by atoms with van der Waals surface area (Å²) in [6.07, 6.45) is -0.330. The van der Waals surface area contributed by atoms with Crippen molar-refractivity contribution in [3.8, 4) is 0 Å². The van der Waals surface area contributed by atoms with Crippen LogP contribution in [0, 0.1) is 10.1 Å². The Morgan fingerprint density at radius 1 is 1.06 bits per heavy atom. The molecule has 3 aromatic rings. The van der Waals surface area contributed by atoms with Crippen LogP contribution in [0.5, 0.6) is 0 Å². The molecule has 3 amide bonds. The Morgan fingerprint density at radius 3 is 2.52 bits per heavy atom. The number of nitro benzene ring substituents is 1. The molecule has 166 valence electrons. The van der Waals surface area contributed by atoms with Crippen LogP contribution < -0.4 is 15.5 Å². The lowest BCUT2D eigenvalue weighted by Crippen LogP contribution is -2.52. The van der Waals surface area contributed by atoms with Crippen molar-refractivity contribution < 1.29 is 19.3 Å². The van der Waals surface area contributed by atoms with Crippen LogP contribution in [0.4, 0.5) is 22.7 Å². The second kappa shape index (κ2) is 9.09. The van der Waals surface area contributed by atoms with Gasteiger partial charge in [-0.1, -0.05) is 29.8 Å². The lowest BCUT2D eigenvalue weighted by atomic mass is 10.0. The van der Waals surface area contributed by atoms with Gasteiger partial charge in [0.1, 0.15) is 6.04 Å². The molecule has 0 fully saturated rings. The van der Waals surface area contributed by atoms with Crippen molar-refractivity contribution in [1.82, 2.24) is 0 Å². The summed E-state index contributed by atoms with van der Waals surface area (Å²) >= 11 is 5.86. The van der Waals surface area contributed by atoms with Crippen molar-refractivity contribution in [2.75, 3.05) is 15.5 Å². The van der Waals surface area contributed by atoms with Crippen molar-refractivity contribution in [2.45, 2.75) is 12.5 Å². The number of anilines is 3. The first-order valence-electron chi connectivity index (χ1n) is 9.87. The molecule has 4 rings (SSSR count). The number of fused-ring (bicyclic) bond motifs is 1. The Morgan fingerprint density at radius 2 is 1.79 bits per heavy atom. The summed E-state index contributed by atoms with van der Waals surface area (Å²) < 4.78 is 0. The molecule has 2 N–H and O–H groups in total. The zero-order valence-electron chi connectivity index (χ0n) is 17.0. The predicted molar refractivity (Wildman–Crippen MR) is 123 cm³/mol. The Balaban J connectivity index is 1.67. The predicted octanol–water partition coefficient (Wildman–Crippen LogP) is 4.24. The number of nitro groups is 1. The zero-order valence-corrected chi connectivity index (χ0v) is 17.8. The van der Waals surface area contributed by atoms with Crippen molar-refractivity contribution in [1.29, 1.82) is 0 Å². The number of nitrogens with one attached hydrogen (secondary N) is 2. The fourth-order valence-electron chi connectivity index (χ4n) is 3.54. The summed E-state index contributed by atoms with van der Waals surface area (Å²) in [5, 5.41) is 17.1. The van der Waals surface area contributed by atoms with E-state index >= 15 is 0 Å². The number of para-hydroxylation sites is 2. The van der Waals surface area contributed by atoms with Crippen LogP contribution in [0.2, 0.25) is 5.02 Å². The van der Waals surface area contributed by atoms with Crippen molar-refractivity contribution >= 4 is 52.1 Å². The number of hydrogen-bond donors (Lipinski definition) is 2. The fourth-order valence-corrected chi connectivity index (χ4v) is 3.66. The third-order valence-corrected chi connectivity index (χ3v) is 5.32. The van der Waals surface area contributed by atoms with E-state index in [2.05, 4.69) is 10.6 Å². The molecule has 3 aromatic carbocycles. The van der Waals surface area contributed by atoms with Crippen LogP contribution in [0.25, 0.3) is 0 Å². The Bertz CT molecular complexity index is 1260. The van der Waals surface area contributed by atoms with Gasteiger partial charge >= 0.3 is 0 Å². The van der Waals surface area contributed by atoms with Gasteiger partial charge in [-0.25, -0.2) is 0 Å². The number of rotatable bonds is 5. The van der Waals surface area contributed by atoms with Gasteiger partial charge in [-0.05, 0) is 42.5 Å². The van der Waals surface area contributed by atoms with Crippen LogP contribution in [0.15, 0.2) is 72.8 Å². The van der Waals surface area contributed by atoms with Gasteiger partial charge in [-0.15, -0.1) is 0 Å². The average molecular weight is 465 g/mol. The van der Waals surface area contributed by atoms with Gasteiger partial charge in [0, 0.05) is 28.4 Å². The first kappa shape index (κ1) is 22.0. The van der Waals surface area contributed by atoms with Gasteiger partial charge in [-0.2, -0.15) is 0 Å². The second-order valence-corrected chi connectivity index (χ2v) is 7.70. The number of amides is 3. The van der Waals surface area contributed by atoms with Crippen molar-refractivity contribution in [3.05, 3.63) is 93.5 Å². The minimum atomic E-state index is -1.17. The second-order valence-electron chi connectivity index (χ2n) is 7.26. The molecule has 0 saturated heterocycles. The third-order valence-electron chi connectivity index (χ3n) is 5.07. The molecule has 10 heteroatoms. The molecular weight excluding hydrogens is 448 g/mol. The molecule has 0 radical (unpaired) electrons. The Kier molecular flexibility index (Phi) is 6.05. The molecule has 1 unspecified atom stereocenters. The van der Waals surface area contributed by atoms with Crippen LogP contribution in [0.1, 0.15) is 16.8 Å². The van der Waals surface area contributed by atoms with Gasteiger partial charge in [0.05, 0.1) is 22.7 Å². The topological polar surface area (TPSA) is 122 Å². The summed E-state index contributed by atoms with van der Waals surface area (Å²) in [7, 11) is 0. The molecule has 0 bridgehead atoms. The summed E-state index contributed by atoms with van der Waals surface area (Å²) in [4.78, 5) is 50.8. The maximum Gasteiger partial charge on any atom is 0.270 e. The number of nitrogens with zero attached hydrogens (tertiary/aromatic N) is 2. The lowest BCUT2D eigenvalue weighted by Gasteiger charge is -2.36. The quantitative estimate of drug-likeness (QED) is 0.432. The third kappa shape index (κ3) is 4.68. The Labute approximate surface area is 193 Å². The normalized spacial score (nSPS) is 14.8. The van der Waals surface area contributed by atoms with Gasteiger partial charge in [0.2, 0.25) is 11.8 Å². The molecule has 0 aromatic heterocycles. The van der Waals surface area contributed by atoms with E-state index in [-0.39, 0.29) is 17.7 Å². The van der Waals surface area contributed by atoms with Crippen LogP contribution in [-0.4, -0.2) is 28.7 Å². The first-order chi connectivity index (χ1) is 15.8. The van der Waals surface area contributed by atoms with E-state index in [9.17, 15) is 24.5 Å². The van der Waals surface area contributed by atoms with Crippen molar-refractivity contribution in [3.63, 3.8) is 0 Å². The highest BCUT2D eigenvalue weighted by Gasteiger charge is 2.38. The molecule has 1 atom stereocenters. The summed E-state index contributed by atoms with van der Waals surface area (Å²) in [6.45, 7) is 0. The summed E-state index contributed by atoms with van der Waals surface area (Å²) in [5.41, 5.74) is 1.04. The molecule has 0 spiro atoms. The van der Waals surface area contributed by atoms with Gasteiger partial charge < -0.3 is 10.6 Å². The smallest absolute Gasteiger partial charge is 0.270 e. The highest BCUT2D eigenvalue weighted by Crippen LogP contribution is 2.34. The maximum atomic E-state index is 13.4. The van der Waals surface area contributed by atoms with Gasteiger partial charge in [-0.3, -0.25) is 29.4 Å². The average Bonchev–Trinajstić information content (AvgIpc) is 2.80. The van der Waals surface area contributed by atoms with Gasteiger partial charge in [0.25, 0.3) is 11.6 Å². The SMILES string of the molecule is O=C(CC1C(=O)Nc2ccccc2N1C(=O)c1cccc([N+](=O)[O-])c1)Nc1ccc(Cl)cc1. The van der Waals surface area contributed by atoms with E-state index in [0.29, 0.717) is 22.1 Å². The summed E-state index contributed by atoms with van der Waals surface area (Å²) in [5.74, 6) is -1.67. The van der Waals surface area contributed by atoms with Crippen LogP contribution in [-0.2, 0) is 9.59 Å². The van der Waals surface area contributed by atoms with Crippen molar-refractivity contribution in [2.24, 2.45) is 0 Å². The number of hydrogen-bond acceptors (Lipinski definition) is 5. The molecule has 1 aliphatic rings. The molecule has 1 heterocycles. The van der Waals surface area contributed by atoms with Gasteiger partial charge in [0.15, 0.2) is 0 Å². The first-order valence-corrected chi connectivity index (χ1v) is 10.2. The summed E-state index contributed by atoms with van der Waals surface area (Å²) in [6, 6.07) is 17.2. The number of carbonyl (C=O) groups excluding carboxylic acids is 3. The maximum absolute atomic E-state index is 13.4. The molecule has 0 saturated carbocycles. The number of benzene rings is 3. The van der Waals surface area contributed by atoms with E-state index in [1.165, 1.54) is 23.1 Å². The van der Waals surface area contributed by atoms with E-state index in [4.69, 9.17) is 11.6 Å². The largest absolute Gasteiger partial charge is 0.326 e. The zero-order chi connectivity index (χ0) is 23.5. The standard InChI is InChI=1S/C23H17ClN4O5/c24-15-8-10-16(11-9-15)25-21(29)13-20-22(30)26-18-6-1-2-7-19(18)27(20)23(31)14-4-3-5-17(12-14)28(32)33/h1-12,20H,13H2,(H,25,29)(H,26,30). The van der Waals surface area contributed by atoms with Crippen LogP contribution >= 0.6 is 11.6 Å². The van der Waals surface area contributed by atoms with E-state index in [1.807, 2.05) is 0 Å². The highest BCUT2D eigenvalue weighted by atomic mass is 35.5. The van der Waals surface area contributed by atoms with E-state index in [1.54, 1.807) is 48.5 Å². The molecule has 33 heavy (non-hydrogen) atoms. The highest BCUT2D eigenvalue weighted by molar-refractivity contribution is 6.30. The fraction of sp³-hybridized carbons (Fsp3) is 0.0870. The van der Waals surface area contributed by atoms with E-state index in [0.717, 1.165) is 6.07 Å². The number of halogens is 1. The number of carbonyl (C=O) groups is 3. The monoisotopic (exact) mass is 464 g/mol. The molecule has 0 aliphatic carbocycles. The lowest BCUT2D eigenvalue weighted by molar-refractivity contribution is -0.384. The minimum Gasteiger partial charge on any atom is -0.326 e.